The topological polar surface area (TPSA) is 69.6 Å². The fourth-order valence-corrected chi connectivity index (χ4v) is 4.90. The van der Waals surface area contributed by atoms with Crippen LogP contribution in [0.1, 0.15) is 12.5 Å². The van der Waals surface area contributed by atoms with Crippen LogP contribution in [0, 0.1) is 0 Å². The summed E-state index contributed by atoms with van der Waals surface area (Å²) in [6.07, 6.45) is 1.57. The first-order valence-electron chi connectivity index (χ1n) is 10.6. The Bertz CT molecular complexity index is 1280. The standard InChI is InChI=1S/C25H26N2O4S/c1-2-30-21-9-6-8-20(18-21)19-26-15-17-31-25-13-7-12-24-23(25)14-16-27(24)32(28,29)22-10-4-3-5-11-22/h3-14,16,18,26H,2,15,17,19H2,1H3. The molecule has 4 aromatic rings. The Morgan fingerprint density at radius 2 is 1.72 bits per heavy atom. The minimum atomic E-state index is -3.67. The number of rotatable bonds is 10. The average Bonchev–Trinajstić information content (AvgIpc) is 3.26. The molecule has 166 valence electrons. The largest absolute Gasteiger partial charge is 0.494 e. The summed E-state index contributed by atoms with van der Waals surface area (Å²) in [6, 6.07) is 23.6. The van der Waals surface area contributed by atoms with Gasteiger partial charge in [0, 0.05) is 24.7 Å². The van der Waals surface area contributed by atoms with Crippen LogP contribution in [0.4, 0.5) is 0 Å². The van der Waals surface area contributed by atoms with Gasteiger partial charge in [0.15, 0.2) is 0 Å². The van der Waals surface area contributed by atoms with E-state index in [0.29, 0.717) is 37.6 Å². The molecule has 4 rings (SSSR count). The van der Waals surface area contributed by atoms with Crippen LogP contribution in [-0.4, -0.2) is 32.1 Å². The second kappa shape index (κ2) is 9.89. The number of hydrogen-bond donors (Lipinski definition) is 1. The highest BCUT2D eigenvalue weighted by Crippen LogP contribution is 2.29. The molecule has 1 N–H and O–H groups in total. The maximum Gasteiger partial charge on any atom is 0.268 e. The maximum absolute atomic E-state index is 13.0. The third kappa shape index (κ3) is 4.79. The molecule has 0 aliphatic rings. The first-order valence-corrected chi connectivity index (χ1v) is 12.0. The van der Waals surface area contributed by atoms with E-state index in [9.17, 15) is 8.42 Å². The molecule has 0 saturated carbocycles. The fraction of sp³-hybridized carbons (Fsp3) is 0.200. The summed E-state index contributed by atoms with van der Waals surface area (Å²) < 4.78 is 38.8. The summed E-state index contributed by atoms with van der Waals surface area (Å²) >= 11 is 0. The highest BCUT2D eigenvalue weighted by molar-refractivity contribution is 7.90. The van der Waals surface area contributed by atoms with Crippen LogP contribution in [0.2, 0.25) is 0 Å². The zero-order chi connectivity index (χ0) is 22.4. The van der Waals surface area contributed by atoms with E-state index in [0.717, 1.165) is 16.7 Å². The maximum atomic E-state index is 13.0. The van der Waals surface area contributed by atoms with Crippen LogP contribution < -0.4 is 14.8 Å². The van der Waals surface area contributed by atoms with Crippen LogP contribution in [0.3, 0.4) is 0 Å². The van der Waals surface area contributed by atoms with Gasteiger partial charge in [-0.05, 0) is 55.0 Å². The third-order valence-electron chi connectivity index (χ3n) is 5.03. The zero-order valence-corrected chi connectivity index (χ0v) is 18.7. The third-order valence-corrected chi connectivity index (χ3v) is 6.74. The van der Waals surface area contributed by atoms with Gasteiger partial charge in [-0.3, -0.25) is 0 Å². The van der Waals surface area contributed by atoms with Crippen molar-refractivity contribution in [1.29, 1.82) is 0 Å². The quantitative estimate of drug-likeness (QED) is 0.362. The van der Waals surface area contributed by atoms with Crippen molar-refractivity contribution in [1.82, 2.24) is 9.29 Å². The van der Waals surface area contributed by atoms with Crippen molar-refractivity contribution in [2.45, 2.75) is 18.4 Å². The van der Waals surface area contributed by atoms with Crippen molar-refractivity contribution in [2.24, 2.45) is 0 Å². The Morgan fingerprint density at radius 1 is 0.906 bits per heavy atom. The van der Waals surface area contributed by atoms with E-state index >= 15 is 0 Å². The Morgan fingerprint density at radius 3 is 2.53 bits per heavy atom. The second-order valence-electron chi connectivity index (χ2n) is 7.22. The van der Waals surface area contributed by atoms with Crippen LogP contribution in [-0.2, 0) is 16.6 Å². The number of fused-ring (bicyclic) bond motifs is 1. The molecule has 3 aromatic carbocycles. The Labute approximate surface area is 188 Å². The van der Waals surface area contributed by atoms with Gasteiger partial charge in [0.2, 0.25) is 0 Å². The number of ether oxygens (including phenoxy) is 2. The molecule has 32 heavy (non-hydrogen) atoms. The molecule has 0 aliphatic carbocycles. The lowest BCUT2D eigenvalue weighted by Crippen LogP contribution is -2.20. The number of hydrogen-bond acceptors (Lipinski definition) is 5. The van der Waals surface area contributed by atoms with Gasteiger partial charge in [0.25, 0.3) is 10.0 Å². The fourth-order valence-electron chi connectivity index (χ4n) is 3.53. The molecule has 1 heterocycles. The van der Waals surface area contributed by atoms with E-state index in [2.05, 4.69) is 5.32 Å². The normalized spacial score (nSPS) is 11.5. The van der Waals surface area contributed by atoms with Crippen molar-refractivity contribution in [2.75, 3.05) is 19.8 Å². The molecule has 0 fully saturated rings. The van der Waals surface area contributed by atoms with Gasteiger partial charge in [-0.1, -0.05) is 36.4 Å². The van der Waals surface area contributed by atoms with Gasteiger partial charge in [-0.15, -0.1) is 0 Å². The summed E-state index contributed by atoms with van der Waals surface area (Å²) in [7, 11) is -3.67. The highest BCUT2D eigenvalue weighted by Gasteiger charge is 2.19. The minimum absolute atomic E-state index is 0.251. The van der Waals surface area contributed by atoms with Crippen LogP contribution >= 0.6 is 0 Å². The van der Waals surface area contributed by atoms with Crippen molar-refractivity contribution in [3.63, 3.8) is 0 Å². The summed E-state index contributed by atoms with van der Waals surface area (Å²) in [5.41, 5.74) is 1.73. The molecular formula is C25H26N2O4S. The SMILES string of the molecule is CCOc1cccc(CNCCOc2cccc3c2ccn3S(=O)(=O)c2ccccc2)c1. The van der Waals surface area contributed by atoms with Gasteiger partial charge >= 0.3 is 0 Å². The van der Waals surface area contributed by atoms with Crippen LogP contribution in [0.15, 0.2) is 90.0 Å². The van der Waals surface area contributed by atoms with Gasteiger partial charge in [-0.2, -0.15) is 0 Å². The molecule has 0 spiro atoms. The molecular weight excluding hydrogens is 424 g/mol. The summed E-state index contributed by atoms with van der Waals surface area (Å²) in [4.78, 5) is 0.251. The van der Waals surface area contributed by atoms with E-state index in [1.54, 1.807) is 54.7 Å². The smallest absolute Gasteiger partial charge is 0.268 e. The number of benzene rings is 3. The molecule has 0 amide bonds. The lowest BCUT2D eigenvalue weighted by molar-refractivity contribution is 0.317. The van der Waals surface area contributed by atoms with Crippen molar-refractivity contribution in [3.8, 4) is 11.5 Å². The van der Waals surface area contributed by atoms with Gasteiger partial charge < -0.3 is 14.8 Å². The van der Waals surface area contributed by atoms with Gasteiger partial charge in [0.1, 0.15) is 18.1 Å². The molecule has 0 aliphatic heterocycles. The zero-order valence-electron chi connectivity index (χ0n) is 17.9. The highest BCUT2D eigenvalue weighted by atomic mass is 32.2. The minimum Gasteiger partial charge on any atom is -0.494 e. The molecule has 0 unspecified atom stereocenters. The molecule has 0 saturated heterocycles. The summed E-state index contributed by atoms with van der Waals surface area (Å²) in [5.74, 6) is 1.52. The summed E-state index contributed by atoms with van der Waals surface area (Å²) in [6.45, 7) is 4.43. The van der Waals surface area contributed by atoms with Crippen molar-refractivity contribution >= 4 is 20.9 Å². The van der Waals surface area contributed by atoms with Crippen molar-refractivity contribution in [3.05, 3.63) is 90.6 Å². The molecule has 6 nitrogen and oxygen atoms in total. The number of nitrogens with zero attached hydrogens (tertiary/aromatic N) is 1. The predicted octanol–water partition coefficient (Wildman–Crippen LogP) is 4.45. The number of nitrogens with one attached hydrogen (secondary N) is 1. The molecule has 7 heteroatoms. The average molecular weight is 451 g/mol. The predicted molar refractivity (Wildman–Crippen MR) is 126 cm³/mol. The Balaban J connectivity index is 1.40. The lowest BCUT2D eigenvalue weighted by atomic mass is 10.2. The second-order valence-corrected chi connectivity index (χ2v) is 9.04. The molecule has 0 bridgehead atoms. The van der Waals surface area contributed by atoms with E-state index in [1.165, 1.54) is 3.97 Å². The summed E-state index contributed by atoms with van der Waals surface area (Å²) in [5, 5.41) is 4.12. The monoisotopic (exact) mass is 450 g/mol. The van der Waals surface area contributed by atoms with E-state index < -0.39 is 10.0 Å². The Hall–Kier alpha value is -3.29. The van der Waals surface area contributed by atoms with Gasteiger partial charge in [-0.25, -0.2) is 12.4 Å². The number of aromatic nitrogens is 1. The Kier molecular flexibility index (Phi) is 6.78. The first kappa shape index (κ1) is 21.9. The molecule has 1 aromatic heterocycles. The van der Waals surface area contributed by atoms with E-state index in [-0.39, 0.29) is 4.90 Å². The van der Waals surface area contributed by atoms with E-state index in [4.69, 9.17) is 9.47 Å². The van der Waals surface area contributed by atoms with E-state index in [1.807, 2.05) is 37.3 Å². The lowest BCUT2D eigenvalue weighted by Gasteiger charge is -2.11. The van der Waals surface area contributed by atoms with Gasteiger partial charge in [0.05, 0.1) is 17.0 Å². The molecule has 0 atom stereocenters. The van der Waals surface area contributed by atoms with Crippen molar-refractivity contribution < 1.29 is 17.9 Å². The van der Waals surface area contributed by atoms with Crippen LogP contribution in [0.5, 0.6) is 11.5 Å². The first-order chi connectivity index (χ1) is 15.6. The van der Waals surface area contributed by atoms with Crippen LogP contribution in [0.25, 0.3) is 10.9 Å². The molecule has 0 radical (unpaired) electrons.